The molecule has 2 heterocycles. The molecule has 0 spiro atoms. The molecule has 162 valence electrons. The Hall–Kier alpha value is -2.68. The highest BCUT2D eigenvalue weighted by Gasteiger charge is 2.35. The first-order chi connectivity index (χ1) is 15.0. The molecule has 1 aromatic heterocycles. The lowest BCUT2D eigenvalue weighted by atomic mass is 10.0. The van der Waals surface area contributed by atoms with Crippen LogP contribution in [0.2, 0.25) is 0 Å². The molecule has 1 aliphatic heterocycles. The van der Waals surface area contributed by atoms with Crippen LogP contribution in [-0.2, 0) is 14.8 Å². The number of nitrogens with one attached hydrogen (secondary N) is 1. The summed E-state index contributed by atoms with van der Waals surface area (Å²) in [6.07, 6.45) is 2.54. The summed E-state index contributed by atoms with van der Waals surface area (Å²) in [4.78, 5) is 12.7. The third-order valence-electron chi connectivity index (χ3n) is 5.17. The number of para-hydroxylation sites is 1. The Morgan fingerprint density at radius 1 is 1.00 bits per heavy atom. The van der Waals surface area contributed by atoms with Crippen LogP contribution in [0.1, 0.15) is 25.7 Å². The Balaban J connectivity index is 1.38. The van der Waals surface area contributed by atoms with E-state index >= 15 is 0 Å². The Morgan fingerprint density at radius 2 is 1.74 bits per heavy atom. The molecule has 0 bridgehead atoms. The van der Waals surface area contributed by atoms with E-state index in [4.69, 9.17) is 4.74 Å². The van der Waals surface area contributed by atoms with Crippen molar-refractivity contribution in [1.29, 1.82) is 0 Å². The van der Waals surface area contributed by atoms with Gasteiger partial charge in [-0.1, -0.05) is 30.7 Å². The standard InChI is InChI=1S/C23H24N2O4S2/c26-22(24-18-11-13-21(14-12-18)29-20-8-2-1-3-9-20)17-19-7-4-5-15-25(19)31(27,28)23-10-6-16-30-23/h1-3,6,8-14,16,19H,4-5,7,15,17H2,(H,24,26). The molecule has 1 atom stereocenters. The number of sulfonamides is 1. The lowest BCUT2D eigenvalue weighted by Crippen LogP contribution is -2.45. The molecule has 1 N–H and O–H groups in total. The van der Waals surface area contributed by atoms with Gasteiger partial charge in [-0.15, -0.1) is 11.3 Å². The Morgan fingerprint density at radius 3 is 2.45 bits per heavy atom. The van der Waals surface area contributed by atoms with Gasteiger partial charge in [0, 0.05) is 24.7 Å². The van der Waals surface area contributed by atoms with Crippen LogP contribution in [0.3, 0.4) is 0 Å². The van der Waals surface area contributed by atoms with Gasteiger partial charge in [-0.3, -0.25) is 4.79 Å². The van der Waals surface area contributed by atoms with Gasteiger partial charge in [0.15, 0.2) is 0 Å². The van der Waals surface area contributed by atoms with E-state index in [0.29, 0.717) is 28.6 Å². The van der Waals surface area contributed by atoms with Crippen molar-refractivity contribution in [1.82, 2.24) is 4.31 Å². The molecule has 2 aromatic carbocycles. The van der Waals surface area contributed by atoms with E-state index in [1.165, 1.54) is 15.6 Å². The summed E-state index contributed by atoms with van der Waals surface area (Å²) in [5, 5.41) is 4.63. The summed E-state index contributed by atoms with van der Waals surface area (Å²) in [5.74, 6) is 1.21. The van der Waals surface area contributed by atoms with Crippen LogP contribution < -0.4 is 10.1 Å². The van der Waals surface area contributed by atoms with Crippen molar-refractivity contribution >= 4 is 33.0 Å². The zero-order valence-corrected chi connectivity index (χ0v) is 18.6. The maximum atomic E-state index is 13.0. The number of thiophene rings is 1. The molecule has 1 fully saturated rings. The van der Waals surface area contributed by atoms with Gasteiger partial charge in [0.2, 0.25) is 5.91 Å². The second-order valence-corrected chi connectivity index (χ2v) is 10.5. The third-order valence-corrected chi connectivity index (χ3v) is 8.49. The summed E-state index contributed by atoms with van der Waals surface area (Å²) in [6.45, 7) is 0.448. The van der Waals surface area contributed by atoms with Gasteiger partial charge in [-0.2, -0.15) is 4.31 Å². The molecule has 1 unspecified atom stereocenters. The Labute approximate surface area is 186 Å². The number of hydrogen-bond acceptors (Lipinski definition) is 5. The Kier molecular flexibility index (Phi) is 6.70. The molecule has 31 heavy (non-hydrogen) atoms. The number of benzene rings is 2. The minimum atomic E-state index is -3.57. The molecule has 8 heteroatoms. The molecule has 6 nitrogen and oxygen atoms in total. The van der Waals surface area contributed by atoms with Gasteiger partial charge >= 0.3 is 0 Å². The van der Waals surface area contributed by atoms with Crippen LogP contribution in [-0.4, -0.2) is 31.2 Å². The first-order valence-corrected chi connectivity index (χ1v) is 12.5. The van der Waals surface area contributed by atoms with E-state index < -0.39 is 10.0 Å². The quantitative estimate of drug-likeness (QED) is 0.536. The number of anilines is 1. The average Bonchev–Trinajstić information content (AvgIpc) is 3.32. The maximum absolute atomic E-state index is 13.0. The normalized spacial score (nSPS) is 17.2. The summed E-state index contributed by atoms with van der Waals surface area (Å²) in [7, 11) is -3.57. The smallest absolute Gasteiger partial charge is 0.252 e. The second-order valence-electron chi connectivity index (χ2n) is 7.39. The molecule has 0 radical (unpaired) electrons. The molecule has 1 aliphatic rings. The van der Waals surface area contributed by atoms with Gasteiger partial charge < -0.3 is 10.1 Å². The minimum Gasteiger partial charge on any atom is -0.457 e. The summed E-state index contributed by atoms with van der Waals surface area (Å²) in [5.41, 5.74) is 0.647. The highest BCUT2D eigenvalue weighted by atomic mass is 32.2. The van der Waals surface area contributed by atoms with Crippen molar-refractivity contribution in [3.8, 4) is 11.5 Å². The highest BCUT2D eigenvalue weighted by Crippen LogP contribution is 2.29. The number of hydrogen-bond donors (Lipinski definition) is 1. The summed E-state index contributed by atoms with van der Waals surface area (Å²) >= 11 is 1.21. The fraction of sp³-hybridized carbons (Fsp3) is 0.261. The van der Waals surface area contributed by atoms with Crippen LogP contribution in [0.15, 0.2) is 76.3 Å². The number of carbonyl (C=O) groups is 1. The van der Waals surface area contributed by atoms with E-state index in [1.54, 1.807) is 41.8 Å². The molecular weight excluding hydrogens is 432 g/mol. The van der Waals surface area contributed by atoms with Gasteiger partial charge in [0.25, 0.3) is 10.0 Å². The summed E-state index contributed by atoms with van der Waals surface area (Å²) in [6, 6.07) is 19.6. The number of carbonyl (C=O) groups excluding carboxylic acids is 1. The lowest BCUT2D eigenvalue weighted by Gasteiger charge is -2.34. The molecule has 0 aliphatic carbocycles. The molecule has 0 saturated carbocycles. The van der Waals surface area contributed by atoms with Crippen molar-refractivity contribution in [3.63, 3.8) is 0 Å². The number of amides is 1. The van der Waals surface area contributed by atoms with Crippen molar-refractivity contribution in [3.05, 3.63) is 72.1 Å². The van der Waals surface area contributed by atoms with Crippen LogP contribution in [0.25, 0.3) is 0 Å². The highest BCUT2D eigenvalue weighted by molar-refractivity contribution is 7.91. The first-order valence-electron chi connectivity index (χ1n) is 10.2. The number of piperidine rings is 1. The van der Waals surface area contributed by atoms with Crippen molar-refractivity contribution in [2.45, 2.75) is 35.9 Å². The predicted molar refractivity (Wildman–Crippen MR) is 122 cm³/mol. The van der Waals surface area contributed by atoms with Crippen molar-refractivity contribution in [2.75, 3.05) is 11.9 Å². The van der Waals surface area contributed by atoms with Crippen LogP contribution in [0, 0.1) is 0 Å². The number of nitrogens with zero attached hydrogens (tertiary/aromatic N) is 1. The van der Waals surface area contributed by atoms with Gasteiger partial charge in [-0.25, -0.2) is 8.42 Å². The van der Waals surface area contributed by atoms with E-state index in [9.17, 15) is 13.2 Å². The maximum Gasteiger partial charge on any atom is 0.252 e. The predicted octanol–water partition coefficient (Wildman–Crippen LogP) is 5.11. The SMILES string of the molecule is O=C(CC1CCCCN1S(=O)(=O)c1cccs1)Nc1ccc(Oc2ccccc2)cc1. The van der Waals surface area contributed by atoms with Gasteiger partial charge in [-0.05, 0) is 60.7 Å². The largest absolute Gasteiger partial charge is 0.457 e. The third kappa shape index (κ3) is 5.33. The molecular formula is C23H24N2O4S2. The lowest BCUT2D eigenvalue weighted by molar-refractivity contribution is -0.117. The number of ether oxygens (including phenoxy) is 1. The second kappa shape index (κ2) is 9.64. The molecule has 4 rings (SSSR count). The van der Waals surface area contributed by atoms with E-state index in [0.717, 1.165) is 18.6 Å². The van der Waals surface area contributed by atoms with Crippen molar-refractivity contribution in [2.24, 2.45) is 0 Å². The molecule has 1 saturated heterocycles. The Bertz CT molecular complexity index is 1100. The average molecular weight is 457 g/mol. The van der Waals surface area contributed by atoms with Gasteiger partial charge in [0.05, 0.1) is 0 Å². The van der Waals surface area contributed by atoms with Crippen LogP contribution in [0.5, 0.6) is 11.5 Å². The fourth-order valence-corrected chi connectivity index (χ4v) is 6.49. The first kappa shape index (κ1) is 21.5. The fourth-order valence-electron chi connectivity index (χ4n) is 3.68. The van der Waals surface area contributed by atoms with E-state index in [1.807, 2.05) is 30.3 Å². The van der Waals surface area contributed by atoms with E-state index in [-0.39, 0.29) is 18.4 Å². The van der Waals surface area contributed by atoms with Crippen LogP contribution >= 0.6 is 11.3 Å². The number of rotatable bonds is 7. The zero-order chi connectivity index (χ0) is 21.7. The molecule has 3 aromatic rings. The topological polar surface area (TPSA) is 75.7 Å². The van der Waals surface area contributed by atoms with Crippen molar-refractivity contribution < 1.29 is 17.9 Å². The van der Waals surface area contributed by atoms with Crippen LogP contribution in [0.4, 0.5) is 5.69 Å². The van der Waals surface area contributed by atoms with Gasteiger partial charge in [0.1, 0.15) is 15.7 Å². The molecule has 1 amide bonds. The van der Waals surface area contributed by atoms with E-state index in [2.05, 4.69) is 5.32 Å². The summed E-state index contributed by atoms with van der Waals surface area (Å²) < 4.78 is 33.5. The monoisotopic (exact) mass is 456 g/mol. The zero-order valence-electron chi connectivity index (χ0n) is 16.9. The minimum absolute atomic E-state index is 0.132.